The van der Waals surface area contributed by atoms with Gasteiger partial charge in [0.2, 0.25) is 0 Å². The SMILES string of the molecule is CCCCCCC1OCC1(C)N. The molecule has 2 atom stereocenters. The van der Waals surface area contributed by atoms with Crippen LogP contribution >= 0.6 is 0 Å². The second-order valence-corrected chi connectivity index (χ2v) is 4.15. The number of unbranched alkanes of at least 4 members (excludes halogenated alkanes) is 3. The van der Waals surface area contributed by atoms with Crippen LogP contribution in [0, 0.1) is 0 Å². The van der Waals surface area contributed by atoms with Crippen molar-refractivity contribution in [3.05, 3.63) is 0 Å². The van der Waals surface area contributed by atoms with Crippen LogP contribution in [-0.4, -0.2) is 18.2 Å². The first-order valence-corrected chi connectivity index (χ1v) is 5.07. The van der Waals surface area contributed by atoms with Crippen LogP contribution in [-0.2, 0) is 4.74 Å². The van der Waals surface area contributed by atoms with Gasteiger partial charge < -0.3 is 10.5 Å². The molecule has 0 aromatic rings. The van der Waals surface area contributed by atoms with E-state index in [-0.39, 0.29) is 5.54 Å². The van der Waals surface area contributed by atoms with Crippen LogP contribution in [0.2, 0.25) is 0 Å². The first-order chi connectivity index (χ1) is 5.67. The Morgan fingerprint density at radius 1 is 1.42 bits per heavy atom. The third-order valence-corrected chi connectivity index (χ3v) is 2.65. The molecule has 0 bridgehead atoms. The molecular formula is C10H21NO. The summed E-state index contributed by atoms with van der Waals surface area (Å²) in [5.41, 5.74) is 5.92. The highest BCUT2D eigenvalue weighted by molar-refractivity contribution is 4.95. The molecule has 1 saturated heterocycles. The molecular weight excluding hydrogens is 150 g/mol. The van der Waals surface area contributed by atoms with Crippen molar-refractivity contribution in [2.24, 2.45) is 5.73 Å². The van der Waals surface area contributed by atoms with Gasteiger partial charge in [0.05, 0.1) is 18.2 Å². The summed E-state index contributed by atoms with van der Waals surface area (Å²) < 4.78 is 5.40. The molecule has 1 heterocycles. The van der Waals surface area contributed by atoms with Gasteiger partial charge in [-0.2, -0.15) is 0 Å². The molecule has 1 aliphatic rings. The van der Waals surface area contributed by atoms with Crippen LogP contribution < -0.4 is 5.73 Å². The third-order valence-electron chi connectivity index (χ3n) is 2.65. The molecule has 1 aliphatic heterocycles. The Kier molecular flexibility index (Phi) is 3.53. The molecule has 2 nitrogen and oxygen atoms in total. The minimum atomic E-state index is -0.0355. The molecule has 0 spiro atoms. The first-order valence-electron chi connectivity index (χ1n) is 5.07. The second kappa shape index (κ2) is 4.24. The highest BCUT2D eigenvalue weighted by atomic mass is 16.5. The van der Waals surface area contributed by atoms with Crippen molar-refractivity contribution in [3.8, 4) is 0 Å². The summed E-state index contributed by atoms with van der Waals surface area (Å²) in [6, 6.07) is 0. The summed E-state index contributed by atoms with van der Waals surface area (Å²) in [5, 5.41) is 0. The van der Waals surface area contributed by atoms with E-state index in [1.165, 1.54) is 25.7 Å². The van der Waals surface area contributed by atoms with Crippen molar-refractivity contribution in [1.82, 2.24) is 0 Å². The zero-order valence-corrected chi connectivity index (χ0v) is 8.31. The molecule has 0 aromatic carbocycles. The van der Waals surface area contributed by atoms with Crippen molar-refractivity contribution in [1.29, 1.82) is 0 Å². The summed E-state index contributed by atoms with van der Waals surface area (Å²) in [6.45, 7) is 5.05. The van der Waals surface area contributed by atoms with Crippen LogP contribution in [0.15, 0.2) is 0 Å². The van der Waals surface area contributed by atoms with Gasteiger partial charge in [0, 0.05) is 0 Å². The van der Waals surface area contributed by atoms with Crippen molar-refractivity contribution in [2.75, 3.05) is 6.61 Å². The van der Waals surface area contributed by atoms with Crippen LogP contribution in [0.5, 0.6) is 0 Å². The zero-order chi connectivity index (χ0) is 9.03. The molecule has 0 saturated carbocycles. The average molecular weight is 171 g/mol. The maximum absolute atomic E-state index is 5.96. The fourth-order valence-electron chi connectivity index (χ4n) is 1.63. The quantitative estimate of drug-likeness (QED) is 0.643. The largest absolute Gasteiger partial charge is 0.374 e. The van der Waals surface area contributed by atoms with Gasteiger partial charge in [0.25, 0.3) is 0 Å². The average Bonchev–Trinajstić information content (AvgIpc) is 2.02. The summed E-state index contributed by atoms with van der Waals surface area (Å²) in [6.07, 6.45) is 6.71. The van der Waals surface area contributed by atoms with Crippen LogP contribution in [0.4, 0.5) is 0 Å². The third kappa shape index (κ3) is 2.46. The van der Waals surface area contributed by atoms with Gasteiger partial charge in [-0.05, 0) is 13.3 Å². The standard InChI is InChI=1S/C10H21NO/c1-3-4-5-6-7-9-10(2,11)8-12-9/h9H,3-8,11H2,1-2H3. The normalized spacial score (nSPS) is 34.8. The van der Waals surface area contributed by atoms with Crippen molar-refractivity contribution >= 4 is 0 Å². The minimum absolute atomic E-state index is 0.0355. The van der Waals surface area contributed by atoms with Gasteiger partial charge in [-0.3, -0.25) is 0 Å². The molecule has 1 rings (SSSR count). The molecule has 1 fully saturated rings. The monoisotopic (exact) mass is 171 g/mol. The Hall–Kier alpha value is -0.0800. The van der Waals surface area contributed by atoms with Gasteiger partial charge in [0.15, 0.2) is 0 Å². The van der Waals surface area contributed by atoms with E-state index in [0.29, 0.717) is 6.10 Å². The Labute approximate surface area is 75.5 Å². The van der Waals surface area contributed by atoms with Crippen molar-refractivity contribution in [2.45, 2.75) is 57.6 Å². The second-order valence-electron chi connectivity index (χ2n) is 4.15. The maximum atomic E-state index is 5.96. The highest BCUT2D eigenvalue weighted by Gasteiger charge is 2.39. The van der Waals surface area contributed by atoms with Gasteiger partial charge in [-0.25, -0.2) is 0 Å². The first kappa shape index (κ1) is 10.0. The predicted octanol–water partition coefficient (Wildman–Crippen LogP) is 2.07. The topological polar surface area (TPSA) is 35.2 Å². The number of hydrogen-bond acceptors (Lipinski definition) is 2. The lowest BCUT2D eigenvalue weighted by atomic mass is 9.88. The Balaban J connectivity index is 2.01. The van der Waals surface area contributed by atoms with Crippen LogP contribution in [0.3, 0.4) is 0 Å². The minimum Gasteiger partial charge on any atom is -0.374 e. The molecule has 0 radical (unpaired) electrons. The molecule has 0 aliphatic carbocycles. The van der Waals surface area contributed by atoms with Gasteiger partial charge in [-0.1, -0.05) is 32.6 Å². The molecule has 2 N–H and O–H groups in total. The van der Waals surface area contributed by atoms with Crippen molar-refractivity contribution < 1.29 is 4.74 Å². The fraction of sp³-hybridized carbons (Fsp3) is 1.00. The van der Waals surface area contributed by atoms with Gasteiger partial charge >= 0.3 is 0 Å². The van der Waals surface area contributed by atoms with E-state index in [2.05, 4.69) is 13.8 Å². The molecule has 72 valence electrons. The van der Waals surface area contributed by atoms with E-state index >= 15 is 0 Å². The van der Waals surface area contributed by atoms with Crippen LogP contribution in [0.25, 0.3) is 0 Å². The van der Waals surface area contributed by atoms with Crippen molar-refractivity contribution in [3.63, 3.8) is 0 Å². The molecule has 2 heteroatoms. The van der Waals surface area contributed by atoms with Gasteiger partial charge in [-0.15, -0.1) is 0 Å². The van der Waals surface area contributed by atoms with E-state index in [1.807, 2.05) is 0 Å². The lowest BCUT2D eigenvalue weighted by Gasteiger charge is -2.44. The predicted molar refractivity (Wildman–Crippen MR) is 51.1 cm³/mol. The van der Waals surface area contributed by atoms with E-state index < -0.39 is 0 Å². The summed E-state index contributed by atoms with van der Waals surface area (Å²) in [4.78, 5) is 0. The fourth-order valence-corrected chi connectivity index (χ4v) is 1.63. The van der Waals surface area contributed by atoms with E-state index in [9.17, 15) is 0 Å². The lowest BCUT2D eigenvalue weighted by Crippen LogP contribution is -2.62. The molecule has 12 heavy (non-hydrogen) atoms. The Morgan fingerprint density at radius 3 is 2.58 bits per heavy atom. The lowest BCUT2D eigenvalue weighted by molar-refractivity contribution is -0.127. The molecule has 2 unspecified atom stereocenters. The van der Waals surface area contributed by atoms with E-state index in [0.717, 1.165) is 13.0 Å². The summed E-state index contributed by atoms with van der Waals surface area (Å²) >= 11 is 0. The molecule has 0 amide bonds. The number of rotatable bonds is 5. The van der Waals surface area contributed by atoms with Gasteiger partial charge in [0.1, 0.15) is 0 Å². The molecule has 0 aromatic heterocycles. The van der Waals surface area contributed by atoms with E-state index in [4.69, 9.17) is 10.5 Å². The zero-order valence-electron chi connectivity index (χ0n) is 8.31. The summed E-state index contributed by atoms with van der Waals surface area (Å²) in [7, 11) is 0. The number of hydrogen-bond donors (Lipinski definition) is 1. The van der Waals surface area contributed by atoms with Crippen LogP contribution in [0.1, 0.15) is 46.0 Å². The van der Waals surface area contributed by atoms with E-state index in [1.54, 1.807) is 0 Å². The Bertz CT molecular complexity index is 134. The highest BCUT2D eigenvalue weighted by Crippen LogP contribution is 2.26. The number of ether oxygens (including phenoxy) is 1. The smallest absolute Gasteiger partial charge is 0.0775 e. The summed E-state index contributed by atoms with van der Waals surface area (Å²) in [5.74, 6) is 0. The Morgan fingerprint density at radius 2 is 2.17 bits per heavy atom. The maximum Gasteiger partial charge on any atom is 0.0775 e. The number of nitrogens with two attached hydrogens (primary N) is 1.